The van der Waals surface area contributed by atoms with Gasteiger partial charge in [0.25, 0.3) is 5.91 Å². The van der Waals surface area contributed by atoms with Crippen molar-refractivity contribution in [2.24, 2.45) is 0 Å². The van der Waals surface area contributed by atoms with Crippen molar-refractivity contribution in [2.45, 2.75) is 38.4 Å². The monoisotopic (exact) mass is 368 g/mol. The van der Waals surface area contributed by atoms with Gasteiger partial charge in [0, 0.05) is 30.1 Å². The molecule has 4 rings (SSSR count). The van der Waals surface area contributed by atoms with E-state index in [9.17, 15) is 14.4 Å². The lowest BCUT2D eigenvalue weighted by Crippen LogP contribution is -2.52. The van der Waals surface area contributed by atoms with Crippen molar-refractivity contribution < 1.29 is 14.4 Å². The van der Waals surface area contributed by atoms with Gasteiger partial charge in [-0.3, -0.25) is 19.7 Å². The van der Waals surface area contributed by atoms with Crippen LogP contribution in [0.4, 0.5) is 0 Å². The predicted molar refractivity (Wildman–Crippen MR) is 94.9 cm³/mol. The summed E-state index contributed by atoms with van der Waals surface area (Å²) in [5, 5.41) is 13.8. The number of benzene rings is 1. The number of aromatic nitrogens is 3. The molecule has 1 fully saturated rings. The Kier molecular flexibility index (Phi) is 4.23. The van der Waals surface area contributed by atoms with Crippen LogP contribution in [-0.2, 0) is 16.1 Å². The summed E-state index contributed by atoms with van der Waals surface area (Å²) in [6, 6.07) is 4.84. The third-order valence-corrected chi connectivity index (χ3v) is 5.19. The molecule has 2 aromatic rings. The average Bonchev–Trinajstić information content (AvgIpc) is 3.27. The van der Waals surface area contributed by atoms with E-state index in [2.05, 4.69) is 20.9 Å². The molecule has 2 unspecified atom stereocenters. The van der Waals surface area contributed by atoms with Gasteiger partial charge in [0.05, 0.1) is 17.6 Å². The van der Waals surface area contributed by atoms with Crippen LogP contribution in [0, 0.1) is 0 Å². The molecule has 27 heavy (non-hydrogen) atoms. The number of hydrogen-bond acceptors (Lipinski definition) is 6. The Labute approximate surface area is 155 Å². The first-order valence-electron chi connectivity index (χ1n) is 8.86. The fraction of sp³-hybridized carbons (Fsp3) is 0.389. The second kappa shape index (κ2) is 6.58. The summed E-state index contributed by atoms with van der Waals surface area (Å²) in [6.45, 7) is 2.28. The molecule has 2 N–H and O–H groups in total. The SMILES string of the molecule is CNC(C)c1cn(-c2cccc3c2CN(C2CCC(=O)NC2=O)C3=O)nn1. The largest absolute Gasteiger partial charge is 0.322 e. The summed E-state index contributed by atoms with van der Waals surface area (Å²) in [4.78, 5) is 38.0. The van der Waals surface area contributed by atoms with E-state index < -0.39 is 11.9 Å². The highest BCUT2D eigenvalue weighted by atomic mass is 16.2. The Bertz CT molecular complexity index is 937. The van der Waals surface area contributed by atoms with Gasteiger partial charge >= 0.3 is 0 Å². The van der Waals surface area contributed by atoms with Crippen LogP contribution in [-0.4, -0.2) is 50.7 Å². The van der Waals surface area contributed by atoms with Crippen molar-refractivity contribution in [1.29, 1.82) is 0 Å². The predicted octanol–water partition coefficient (Wildman–Crippen LogP) is 0.309. The molecule has 0 bridgehead atoms. The maximum atomic E-state index is 12.9. The molecule has 2 aliphatic heterocycles. The minimum absolute atomic E-state index is 0.0529. The van der Waals surface area contributed by atoms with Crippen LogP contribution in [0.2, 0.25) is 0 Å². The molecule has 0 saturated carbocycles. The van der Waals surface area contributed by atoms with E-state index in [1.807, 2.05) is 26.2 Å². The molecule has 1 aromatic heterocycles. The second-order valence-electron chi connectivity index (χ2n) is 6.80. The Balaban J connectivity index is 1.66. The topological polar surface area (TPSA) is 109 Å². The average molecular weight is 368 g/mol. The number of fused-ring (bicyclic) bond motifs is 1. The van der Waals surface area contributed by atoms with E-state index in [0.29, 0.717) is 18.5 Å². The maximum Gasteiger partial charge on any atom is 0.255 e. The van der Waals surface area contributed by atoms with E-state index in [0.717, 1.165) is 16.9 Å². The van der Waals surface area contributed by atoms with Crippen LogP contribution in [0.3, 0.4) is 0 Å². The number of amides is 3. The number of rotatable bonds is 4. The number of nitrogens with one attached hydrogen (secondary N) is 2. The van der Waals surface area contributed by atoms with Crippen molar-refractivity contribution >= 4 is 17.7 Å². The molecule has 1 aromatic carbocycles. The number of imide groups is 1. The second-order valence-corrected chi connectivity index (χ2v) is 6.80. The van der Waals surface area contributed by atoms with Crippen LogP contribution in [0.15, 0.2) is 24.4 Å². The molecule has 2 aliphatic rings. The molecule has 3 heterocycles. The lowest BCUT2D eigenvalue weighted by Gasteiger charge is -2.29. The Hall–Kier alpha value is -3.07. The number of nitrogens with zero attached hydrogens (tertiary/aromatic N) is 4. The van der Waals surface area contributed by atoms with Gasteiger partial charge in [-0.2, -0.15) is 0 Å². The number of hydrogen-bond donors (Lipinski definition) is 2. The van der Waals surface area contributed by atoms with Gasteiger partial charge in [0.15, 0.2) is 0 Å². The molecular weight excluding hydrogens is 348 g/mol. The summed E-state index contributed by atoms with van der Waals surface area (Å²) in [5.41, 5.74) is 2.91. The van der Waals surface area contributed by atoms with E-state index >= 15 is 0 Å². The van der Waals surface area contributed by atoms with Gasteiger partial charge in [-0.1, -0.05) is 11.3 Å². The molecule has 0 radical (unpaired) electrons. The smallest absolute Gasteiger partial charge is 0.255 e. The third-order valence-electron chi connectivity index (χ3n) is 5.19. The lowest BCUT2D eigenvalue weighted by molar-refractivity contribution is -0.136. The highest BCUT2D eigenvalue weighted by molar-refractivity contribution is 6.05. The maximum absolute atomic E-state index is 12.9. The summed E-state index contributed by atoms with van der Waals surface area (Å²) in [6.07, 6.45) is 2.40. The van der Waals surface area contributed by atoms with Crippen molar-refractivity contribution in [3.05, 3.63) is 41.2 Å². The molecule has 3 amide bonds. The standard InChI is InChI=1S/C18H20N6O3/c1-10(19-2)13-9-24(22-21-13)14-5-3-4-11-12(14)8-23(18(11)27)15-6-7-16(25)20-17(15)26/h3-5,9-10,15,19H,6-8H2,1-2H3,(H,20,25,26). The Morgan fingerprint density at radius 3 is 2.85 bits per heavy atom. The van der Waals surface area contributed by atoms with Crippen LogP contribution < -0.4 is 10.6 Å². The van der Waals surface area contributed by atoms with Gasteiger partial charge in [0.1, 0.15) is 6.04 Å². The van der Waals surface area contributed by atoms with Crippen molar-refractivity contribution in [2.75, 3.05) is 7.05 Å². The summed E-state index contributed by atoms with van der Waals surface area (Å²) >= 11 is 0. The lowest BCUT2D eigenvalue weighted by atomic mass is 10.0. The van der Waals surface area contributed by atoms with Gasteiger partial charge in [-0.15, -0.1) is 5.10 Å². The van der Waals surface area contributed by atoms with Crippen molar-refractivity contribution in [1.82, 2.24) is 30.5 Å². The molecule has 2 atom stereocenters. The molecule has 9 nitrogen and oxygen atoms in total. The molecule has 140 valence electrons. The van der Waals surface area contributed by atoms with Gasteiger partial charge in [-0.05, 0) is 32.5 Å². The summed E-state index contributed by atoms with van der Waals surface area (Å²) < 4.78 is 1.66. The minimum Gasteiger partial charge on any atom is -0.322 e. The van der Waals surface area contributed by atoms with Crippen LogP contribution in [0.5, 0.6) is 0 Å². The zero-order valence-corrected chi connectivity index (χ0v) is 15.1. The first-order valence-corrected chi connectivity index (χ1v) is 8.86. The van der Waals surface area contributed by atoms with E-state index in [1.165, 1.54) is 4.90 Å². The zero-order chi connectivity index (χ0) is 19.1. The van der Waals surface area contributed by atoms with Gasteiger partial charge < -0.3 is 10.2 Å². The zero-order valence-electron chi connectivity index (χ0n) is 15.1. The van der Waals surface area contributed by atoms with E-state index in [4.69, 9.17) is 0 Å². The fourth-order valence-corrected chi connectivity index (χ4v) is 3.52. The van der Waals surface area contributed by atoms with E-state index in [-0.39, 0.29) is 24.3 Å². The van der Waals surface area contributed by atoms with Crippen molar-refractivity contribution in [3.63, 3.8) is 0 Å². The highest BCUT2D eigenvalue weighted by Crippen LogP contribution is 2.31. The van der Waals surface area contributed by atoms with E-state index in [1.54, 1.807) is 16.8 Å². The minimum atomic E-state index is -0.633. The number of carbonyl (C=O) groups is 3. The fourth-order valence-electron chi connectivity index (χ4n) is 3.52. The number of carbonyl (C=O) groups excluding carboxylic acids is 3. The van der Waals surface area contributed by atoms with Crippen LogP contribution in [0.25, 0.3) is 5.69 Å². The highest BCUT2D eigenvalue weighted by Gasteiger charge is 2.40. The van der Waals surface area contributed by atoms with Gasteiger partial charge in [-0.25, -0.2) is 4.68 Å². The Morgan fingerprint density at radius 1 is 1.30 bits per heavy atom. The summed E-state index contributed by atoms with van der Waals surface area (Å²) in [5.74, 6) is -0.917. The van der Waals surface area contributed by atoms with Crippen LogP contribution >= 0.6 is 0 Å². The molecule has 1 saturated heterocycles. The van der Waals surface area contributed by atoms with Gasteiger partial charge in [0.2, 0.25) is 11.8 Å². The summed E-state index contributed by atoms with van der Waals surface area (Å²) in [7, 11) is 1.85. The van der Waals surface area contributed by atoms with Crippen molar-refractivity contribution in [3.8, 4) is 5.69 Å². The Morgan fingerprint density at radius 2 is 2.11 bits per heavy atom. The number of piperidine rings is 1. The first-order chi connectivity index (χ1) is 13.0. The van der Waals surface area contributed by atoms with Crippen LogP contribution in [0.1, 0.15) is 47.4 Å². The molecule has 0 aliphatic carbocycles. The third kappa shape index (κ3) is 2.89. The molecule has 0 spiro atoms. The normalized spacial score (nSPS) is 20.6. The molecular formula is C18H20N6O3. The molecule has 9 heteroatoms. The first kappa shape index (κ1) is 17.3. The quantitative estimate of drug-likeness (QED) is 0.752.